The lowest BCUT2D eigenvalue weighted by Gasteiger charge is -2.40. The predicted octanol–water partition coefficient (Wildman–Crippen LogP) is 1.07. The normalized spacial score (nSPS) is 21.8. The van der Waals surface area contributed by atoms with Crippen molar-refractivity contribution >= 4 is 5.69 Å². The van der Waals surface area contributed by atoms with Gasteiger partial charge in [0.15, 0.2) is 0 Å². The molecule has 0 aromatic carbocycles. The Bertz CT molecular complexity index is 366. The van der Waals surface area contributed by atoms with Gasteiger partial charge in [-0.15, -0.1) is 0 Å². The Morgan fingerprint density at radius 1 is 1.47 bits per heavy atom. The van der Waals surface area contributed by atoms with E-state index in [4.69, 9.17) is 5.73 Å². The largest absolute Gasteiger partial charge is 0.368 e. The fourth-order valence-electron chi connectivity index (χ4n) is 2.49. The molecule has 1 saturated heterocycles. The molecule has 1 aromatic rings. The fourth-order valence-corrected chi connectivity index (χ4v) is 2.49. The third-order valence-corrected chi connectivity index (χ3v) is 3.69. The average molecular weight is 234 g/mol. The van der Waals surface area contributed by atoms with Crippen LogP contribution in [-0.4, -0.2) is 42.6 Å². The molecule has 1 unspecified atom stereocenters. The number of nitrogens with two attached hydrogens (primary N) is 1. The highest BCUT2D eigenvalue weighted by Gasteiger charge is 2.23. The average Bonchev–Trinajstić information content (AvgIpc) is 2.39. The summed E-state index contributed by atoms with van der Waals surface area (Å²) < 4.78 is 0. The van der Waals surface area contributed by atoms with Crippen molar-refractivity contribution in [3.63, 3.8) is 0 Å². The molecule has 1 aromatic heterocycles. The molecule has 94 valence electrons. The van der Waals surface area contributed by atoms with Gasteiger partial charge in [-0.3, -0.25) is 9.88 Å². The van der Waals surface area contributed by atoms with Crippen molar-refractivity contribution in [3.8, 4) is 0 Å². The Balaban J connectivity index is 2.17. The van der Waals surface area contributed by atoms with E-state index < -0.39 is 0 Å². The second kappa shape index (κ2) is 5.47. The summed E-state index contributed by atoms with van der Waals surface area (Å²) in [4.78, 5) is 9.03. The molecule has 2 heterocycles. The standard InChI is InChI=1S/C13H22N4/c1-3-12-10-17(7-6-16(12)2)13-4-5-15-9-11(13)8-14/h4-5,9,12H,3,6-8,10,14H2,1-2H3. The molecule has 1 fully saturated rings. The second-order valence-corrected chi connectivity index (χ2v) is 4.70. The van der Waals surface area contributed by atoms with Crippen LogP contribution in [0.4, 0.5) is 5.69 Å². The summed E-state index contributed by atoms with van der Waals surface area (Å²) in [6.07, 6.45) is 4.93. The molecule has 17 heavy (non-hydrogen) atoms. The van der Waals surface area contributed by atoms with Crippen LogP contribution in [0.25, 0.3) is 0 Å². The lowest BCUT2D eigenvalue weighted by atomic mass is 10.1. The summed E-state index contributed by atoms with van der Waals surface area (Å²) in [6.45, 7) is 6.09. The SMILES string of the molecule is CCC1CN(c2ccncc2CN)CCN1C. The maximum atomic E-state index is 5.77. The Labute approximate surface area is 103 Å². The smallest absolute Gasteiger partial charge is 0.0443 e. The number of nitrogens with zero attached hydrogens (tertiary/aromatic N) is 3. The molecule has 0 saturated carbocycles. The maximum Gasteiger partial charge on any atom is 0.0443 e. The number of pyridine rings is 1. The maximum absolute atomic E-state index is 5.77. The van der Waals surface area contributed by atoms with Gasteiger partial charge in [-0.2, -0.15) is 0 Å². The van der Waals surface area contributed by atoms with Crippen LogP contribution in [0.5, 0.6) is 0 Å². The zero-order valence-electron chi connectivity index (χ0n) is 10.8. The van der Waals surface area contributed by atoms with Crippen LogP contribution in [0, 0.1) is 0 Å². The van der Waals surface area contributed by atoms with E-state index in [2.05, 4.69) is 34.8 Å². The highest BCUT2D eigenvalue weighted by molar-refractivity contribution is 5.52. The van der Waals surface area contributed by atoms with Crippen LogP contribution in [0.15, 0.2) is 18.5 Å². The van der Waals surface area contributed by atoms with E-state index in [0.29, 0.717) is 12.6 Å². The summed E-state index contributed by atoms with van der Waals surface area (Å²) in [6, 6.07) is 2.72. The molecule has 1 aliphatic rings. The summed E-state index contributed by atoms with van der Waals surface area (Å²) in [7, 11) is 2.21. The summed E-state index contributed by atoms with van der Waals surface area (Å²) >= 11 is 0. The predicted molar refractivity (Wildman–Crippen MR) is 71.1 cm³/mol. The van der Waals surface area contributed by atoms with Crippen LogP contribution in [0.2, 0.25) is 0 Å². The molecule has 2 rings (SSSR count). The number of anilines is 1. The van der Waals surface area contributed by atoms with Gasteiger partial charge >= 0.3 is 0 Å². The van der Waals surface area contributed by atoms with Gasteiger partial charge in [0.05, 0.1) is 0 Å². The number of hydrogen-bond acceptors (Lipinski definition) is 4. The minimum Gasteiger partial charge on any atom is -0.368 e. The highest BCUT2D eigenvalue weighted by atomic mass is 15.3. The zero-order chi connectivity index (χ0) is 12.3. The van der Waals surface area contributed by atoms with Crippen molar-refractivity contribution < 1.29 is 0 Å². The monoisotopic (exact) mass is 234 g/mol. The van der Waals surface area contributed by atoms with Crippen LogP contribution < -0.4 is 10.6 Å². The van der Waals surface area contributed by atoms with Crippen LogP contribution in [-0.2, 0) is 6.54 Å². The molecule has 1 atom stereocenters. The van der Waals surface area contributed by atoms with Crippen molar-refractivity contribution in [1.82, 2.24) is 9.88 Å². The molecule has 0 spiro atoms. The lowest BCUT2D eigenvalue weighted by Crippen LogP contribution is -2.51. The Morgan fingerprint density at radius 2 is 2.29 bits per heavy atom. The van der Waals surface area contributed by atoms with Crippen LogP contribution in [0.3, 0.4) is 0 Å². The van der Waals surface area contributed by atoms with Gasteiger partial charge in [0.1, 0.15) is 0 Å². The summed E-state index contributed by atoms with van der Waals surface area (Å²) in [5.41, 5.74) is 8.18. The first-order valence-corrected chi connectivity index (χ1v) is 6.34. The first kappa shape index (κ1) is 12.3. The highest BCUT2D eigenvalue weighted by Crippen LogP contribution is 2.22. The topological polar surface area (TPSA) is 45.4 Å². The van der Waals surface area contributed by atoms with Gasteiger partial charge in [0, 0.05) is 55.9 Å². The van der Waals surface area contributed by atoms with Crippen molar-refractivity contribution in [1.29, 1.82) is 0 Å². The van der Waals surface area contributed by atoms with Crippen molar-refractivity contribution in [2.24, 2.45) is 5.73 Å². The van der Waals surface area contributed by atoms with E-state index in [0.717, 1.165) is 25.2 Å². The number of aromatic nitrogens is 1. The number of rotatable bonds is 3. The van der Waals surface area contributed by atoms with Gasteiger partial charge < -0.3 is 10.6 Å². The molecule has 1 aliphatic heterocycles. The van der Waals surface area contributed by atoms with E-state index in [1.165, 1.54) is 12.1 Å². The fraction of sp³-hybridized carbons (Fsp3) is 0.615. The lowest BCUT2D eigenvalue weighted by molar-refractivity contribution is 0.213. The van der Waals surface area contributed by atoms with Crippen molar-refractivity contribution in [2.75, 3.05) is 31.6 Å². The molecule has 4 heteroatoms. The summed E-state index contributed by atoms with van der Waals surface area (Å²) in [5.74, 6) is 0. The van der Waals surface area contributed by atoms with Gasteiger partial charge in [-0.1, -0.05) is 6.92 Å². The van der Waals surface area contributed by atoms with E-state index in [-0.39, 0.29) is 0 Å². The van der Waals surface area contributed by atoms with Gasteiger partial charge in [0.2, 0.25) is 0 Å². The molecule has 0 aliphatic carbocycles. The van der Waals surface area contributed by atoms with E-state index in [9.17, 15) is 0 Å². The third kappa shape index (κ3) is 2.58. The molecule has 2 N–H and O–H groups in total. The van der Waals surface area contributed by atoms with Gasteiger partial charge in [-0.25, -0.2) is 0 Å². The zero-order valence-corrected chi connectivity index (χ0v) is 10.8. The van der Waals surface area contributed by atoms with Gasteiger partial charge in [-0.05, 0) is 19.5 Å². The quantitative estimate of drug-likeness (QED) is 0.850. The number of likely N-dealkylation sites (N-methyl/N-ethyl adjacent to an activating group) is 1. The first-order chi connectivity index (χ1) is 8.26. The number of hydrogen-bond donors (Lipinski definition) is 1. The minimum absolute atomic E-state index is 0.562. The molecule has 0 amide bonds. The van der Waals surface area contributed by atoms with Crippen molar-refractivity contribution in [3.05, 3.63) is 24.0 Å². The van der Waals surface area contributed by atoms with Crippen LogP contribution in [0.1, 0.15) is 18.9 Å². The molecule has 4 nitrogen and oxygen atoms in total. The number of piperazine rings is 1. The summed E-state index contributed by atoms with van der Waals surface area (Å²) in [5, 5.41) is 0. The van der Waals surface area contributed by atoms with Crippen LogP contribution >= 0.6 is 0 Å². The molecule has 0 radical (unpaired) electrons. The Kier molecular flexibility index (Phi) is 3.97. The van der Waals surface area contributed by atoms with Gasteiger partial charge in [0.25, 0.3) is 0 Å². The molecular formula is C13H22N4. The molecule has 0 bridgehead atoms. The molecular weight excluding hydrogens is 212 g/mol. The Morgan fingerprint density at radius 3 is 3.00 bits per heavy atom. The minimum atomic E-state index is 0.562. The van der Waals surface area contributed by atoms with E-state index >= 15 is 0 Å². The Hall–Kier alpha value is -1.13. The second-order valence-electron chi connectivity index (χ2n) is 4.70. The van der Waals surface area contributed by atoms with Crippen molar-refractivity contribution in [2.45, 2.75) is 25.9 Å². The van der Waals surface area contributed by atoms with E-state index in [1.54, 1.807) is 0 Å². The third-order valence-electron chi connectivity index (χ3n) is 3.69. The van der Waals surface area contributed by atoms with E-state index in [1.807, 2.05) is 12.4 Å². The first-order valence-electron chi connectivity index (χ1n) is 6.34.